The van der Waals surface area contributed by atoms with Crippen LogP contribution in [0.25, 0.3) is 0 Å². The van der Waals surface area contributed by atoms with Gasteiger partial charge in [-0.15, -0.1) is 0 Å². The number of nitrogens with one attached hydrogen (secondary N) is 3. The number of carbonyl (C=O) groups is 4. The standard InChI is InChI=1S/C17H21FN4O5.C4H10/c18-8-14(23)13(10-22-7-6-19-16(22)25)21-15(24)9-20-17(26)27-11-12-4-2-1-3-5-12;1-4(2)3/h1-5,13H,6-11H2,(H,19,25)(H,20,26)(H,21,24);4H,1-3H3. The number of Topliss-reactive ketones (excluding diaryl/α,β-unsaturated/α-hetero) is 1. The van der Waals surface area contributed by atoms with Gasteiger partial charge in [-0.1, -0.05) is 51.1 Å². The summed E-state index contributed by atoms with van der Waals surface area (Å²) >= 11 is 0. The molecule has 0 radical (unpaired) electrons. The van der Waals surface area contributed by atoms with Crippen LogP contribution in [-0.4, -0.2) is 67.6 Å². The number of benzene rings is 1. The molecule has 1 aliphatic heterocycles. The minimum absolute atomic E-state index is 0.0430. The van der Waals surface area contributed by atoms with Gasteiger partial charge in [0.25, 0.3) is 0 Å². The first-order valence-electron chi connectivity index (χ1n) is 10.1. The van der Waals surface area contributed by atoms with Crippen LogP contribution in [0.3, 0.4) is 0 Å². The van der Waals surface area contributed by atoms with Crippen molar-refractivity contribution >= 4 is 23.8 Å². The van der Waals surface area contributed by atoms with Crippen molar-refractivity contribution in [2.45, 2.75) is 33.4 Å². The number of carbonyl (C=O) groups excluding carboxylic acids is 4. The van der Waals surface area contributed by atoms with Crippen LogP contribution in [0.5, 0.6) is 0 Å². The molecule has 2 rings (SSSR count). The van der Waals surface area contributed by atoms with E-state index in [4.69, 9.17) is 4.74 Å². The molecule has 172 valence electrons. The summed E-state index contributed by atoms with van der Waals surface area (Å²) in [5, 5.41) is 7.12. The van der Waals surface area contributed by atoms with Gasteiger partial charge >= 0.3 is 12.1 Å². The zero-order valence-corrected chi connectivity index (χ0v) is 18.2. The van der Waals surface area contributed by atoms with Gasteiger partial charge in [-0.2, -0.15) is 0 Å². The summed E-state index contributed by atoms with van der Waals surface area (Å²) in [6.45, 7) is 5.45. The molecule has 10 heteroatoms. The highest BCUT2D eigenvalue weighted by Crippen LogP contribution is 2.02. The average Bonchev–Trinajstić information content (AvgIpc) is 3.14. The Labute approximate surface area is 181 Å². The van der Waals surface area contributed by atoms with Gasteiger partial charge in [0.1, 0.15) is 25.9 Å². The van der Waals surface area contributed by atoms with Gasteiger partial charge in [-0.3, -0.25) is 9.59 Å². The number of rotatable bonds is 9. The number of alkyl halides is 1. The van der Waals surface area contributed by atoms with Crippen LogP contribution in [0.15, 0.2) is 30.3 Å². The van der Waals surface area contributed by atoms with Crippen LogP contribution in [-0.2, 0) is 20.9 Å². The maximum atomic E-state index is 12.7. The van der Waals surface area contributed by atoms with E-state index < -0.39 is 37.0 Å². The molecule has 1 saturated heterocycles. The lowest BCUT2D eigenvalue weighted by Crippen LogP contribution is -2.52. The summed E-state index contributed by atoms with van der Waals surface area (Å²) in [4.78, 5) is 48.1. The molecule has 1 unspecified atom stereocenters. The Hall–Kier alpha value is -3.17. The zero-order valence-electron chi connectivity index (χ0n) is 18.2. The highest BCUT2D eigenvalue weighted by molar-refractivity contribution is 5.91. The molecule has 0 saturated carbocycles. The second-order valence-corrected chi connectivity index (χ2v) is 7.55. The molecule has 1 atom stereocenters. The second kappa shape index (κ2) is 13.9. The molecule has 3 N–H and O–H groups in total. The van der Waals surface area contributed by atoms with E-state index >= 15 is 0 Å². The van der Waals surface area contributed by atoms with Gasteiger partial charge in [0.15, 0.2) is 5.78 Å². The van der Waals surface area contributed by atoms with Crippen molar-refractivity contribution in [2.24, 2.45) is 5.92 Å². The molecule has 9 nitrogen and oxygen atoms in total. The van der Waals surface area contributed by atoms with Crippen molar-refractivity contribution in [2.75, 3.05) is 32.9 Å². The summed E-state index contributed by atoms with van der Waals surface area (Å²) in [5.41, 5.74) is 0.787. The van der Waals surface area contributed by atoms with E-state index in [1.54, 1.807) is 24.3 Å². The minimum atomic E-state index is -1.27. The number of urea groups is 1. The number of hydrogen-bond donors (Lipinski definition) is 3. The van der Waals surface area contributed by atoms with Crippen molar-refractivity contribution in [3.63, 3.8) is 0 Å². The summed E-state index contributed by atoms with van der Waals surface area (Å²) < 4.78 is 17.7. The van der Waals surface area contributed by atoms with Gasteiger partial charge in [0, 0.05) is 19.6 Å². The molecule has 1 aromatic rings. The summed E-state index contributed by atoms with van der Waals surface area (Å²) in [6.07, 6.45) is -0.804. The van der Waals surface area contributed by atoms with Crippen LogP contribution in [0.1, 0.15) is 26.3 Å². The second-order valence-electron chi connectivity index (χ2n) is 7.55. The third-order valence-electron chi connectivity index (χ3n) is 3.81. The molecule has 31 heavy (non-hydrogen) atoms. The van der Waals surface area contributed by atoms with E-state index in [1.165, 1.54) is 4.90 Å². The van der Waals surface area contributed by atoms with Crippen molar-refractivity contribution in [1.82, 2.24) is 20.9 Å². The zero-order chi connectivity index (χ0) is 23.2. The number of amides is 4. The van der Waals surface area contributed by atoms with E-state index in [9.17, 15) is 23.6 Å². The van der Waals surface area contributed by atoms with Gasteiger partial charge in [0.05, 0.1) is 0 Å². The number of halogens is 1. The fourth-order valence-corrected chi connectivity index (χ4v) is 2.40. The molecule has 1 fully saturated rings. The topological polar surface area (TPSA) is 117 Å². The third-order valence-corrected chi connectivity index (χ3v) is 3.81. The molecule has 0 bridgehead atoms. The predicted molar refractivity (Wildman–Crippen MR) is 113 cm³/mol. The lowest BCUT2D eigenvalue weighted by atomic mass is 10.2. The van der Waals surface area contributed by atoms with Gasteiger partial charge in [-0.05, 0) is 11.5 Å². The van der Waals surface area contributed by atoms with Gasteiger partial charge in [-0.25, -0.2) is 14.0 Å². The van der Waals surface area contributed by atoms with E-state index in [0.717, 1.165) is 11.5 Å². The molecule has 0 aromatic heterocycles. The van der Waals surface area contributed by atoms with Crippen LogP contribution < -0.4 is 16.0 Å². The lowest BCUT2D eigenvalue weighted by Gasteiger charge is -2.22. The Morgan fingerprint density at radius 1 is 1.19 bits per heavy atom. The number of nitrogens with zero attached hydrogens (tertiary/aromatic N) is 1. The fourth-order valence-electron chi connectivity index (χ4n) is 2.40. The van der Waals surface area contributed by atoms with Crippen molar-refractivity contribution < 1.29 is 28.3 Å². The molecule has 0 aliphatic carbocycles. The maximum absolute atomic E-state index is 12.7. The largest absolute Gasteiger partial charge is 0.445 e. The lowest BCUT2D eigenvalue weighted by molar-refractivity contribution is -0.128. The Bertz CT molecular complexity index is 727. The molecule has 1 aromatic carbocycles. The van der Waals surface area contributed by atoms with Gasteiger partial charge < -0.3 is 25.6 Å². The number of ether oxygens (including phenoxy) is 1. The van der Waals surface area contributed by atoms with Crippen LogP contribution in [0.4, 0.5) is 14.0 Å². The van der Waals surface area contributed by atoms with Crippen molar-refractivity contribution in [1.29, 1.82) is 0 Å². The number of alkyl carbamates (subject to hydrolysis) is 1. The number of hydrogen-bond acceptors (Lipinski definition) is 5. The SMILES string of the molecule is CC(C)C.O=C(CNC(=O)OCc1ccccc1)NC(CN1CCNC1=O)C(=O)CF. The first-order chi connectivity index (χ1) is 14.7. The first-order valence-corrected chi connectivity index (χ1v) is 10.1. The molecule has 0 spiro atoms. The highest BCUT2D eigenvalue weighted by atomic mass is 19.1. The predicted octanol–water partition coefficient (Wildman–Crippen LogP) is 1.62. The first kappa shape index (κ1) is 25.9. The Morgan fingerprint density at radius 2 is 1.84 bits per heavy atom. The minimum Gasteiger partial charge on any atom is -0.445 e. The summed E-state index contributed by atoms with van der Waals surface area (Å²) in [7, 11) is 0. The Morgan fingerprint density at radius 3 is 2.39 bits per heavy atom. The van der Waals surface area contributed by atoms with E-state index in [0.29, 0.717) is 13.1 Å². The van der Waals surface area contributed by atoms with Crippen molar-refractivity contribution in [3.05, 3.63) is 35.9 Å². The third kappa shape index (κ3) is 11.0. The monoisotopic (exact) mass is 438 g/mol. The quantitative estimate of drug-likeness (QED) is 0.542. The molecular formula is C21H31FN4O5. The van der Waals surface area contributed by atoms with E-state index in [2.05, 4.69) is 36.7 Å². The summed E-state index contributed by atoms with van der Waals surface area (Å²) in [5.74, 6) is -0.715. The van der Waals surface area contributed by atoms with Crippen molar-refractivity contribution in [3.8, 4) is 0 Å². The smallest absolute Gasteiger partial charge is 0.407 e. The summed E-state index contributed by atoms with van der Waals surface area (Å²) in [6, 6.07) is 7.41. The maximum Gasteiger partial charge on any atom is 0.407 e. The van der Waals surface area contributed by atoms with Gasteiger partial charge in [0.2, 0.25) is 5.91 Å². The van der Waals surface area contributed by atoms with Crippen LogP contribution >= 0.6 is 0 Å². The molecule has 4 amide bonds. The Kier molecular flexibility index (Phi) is 11.6. The molecule has 1 heterocycles. The molecular weight excluding hydrogens is 407 g/mol. The highest BCUT2D eigenvalue weighted by Gasteiger charge is 2.28. The fraction of sp³-hybridized carbons (Fsp3) is 0.524. The van der Waals surface area contributed by atoms with E-state index in [1.807, 2.05) is 6.07 Å². The van der Waals surface area contributed by atoms with Crippen LogP contribution in [0.2, 0.25) is 0 Å². The van der Waals surface area contributed by atoms with Crippen LogP contribution in [0, 0.1) is 5.92 Å². The average molecular weight is 439 g/mol. The number of ketones is 1. The van der Waals surface area contributed by atoms with E-state index in [-0.39, 0.29) is 19.2 Å². The normalized spacial score (nSPS) is 13.6. The Balaban J connectivity index is 0.00000110. The molecule has 1 aliphatic rings.